The Morgan fingerprint density at radius 3 is 2.89 bits per heavy atom. The van der Waals surface area contributed by atoms with Crippen LogP contribution in [-0.4, -0.2) is 38.4 Å². The van der Waals surface area contributed by atoms with Crippen molar-refractivity contribution in [3.8, 4) is 0 Å². The highest BCUT2D eigenvalue weighted by atomic mass is 19.1. The molecule has 2 aromatic rings. The van der Waals surface area contributed by atoms with Crippen LogP contribution >= 0.6 is 0 Å². The molecule has 4 nitrogen and oxygen atoms in total. The Morgan fingerprint density at radius 1 is 1.29 bits per heavy atom. The lowest BCUT2D eigenvalue weighted by molar-refractivity contribution is -0.0809. The van der Waals surface area contributed by atoms with E-state index in [4.69, 9.17) is 9.47 Å². The van der Waals surface area contributed by atoms with Gasteiger partial charge in [-0.2, -0.15) is 0 Å². The zero-order valence-corrected chi connectivity index (χ0v) is 16.3. The smallest absolute Gasteiger partial charge is 0.251 e. The van der Waals surface area contributed by atoms with Crippen LogP contribution in [0.3, 0.4) is 0 Å². The van der Waals surface area contributed by atoms with E-state index in [2.05, 4.69) is 5.32 Å². The van der Waals surface area contributed by atoms with Crippen molar-refractivity contribution in [2.75, 3.05) is 20.3 Å². The number of hydrogen-bond acceptors (Lipinski definition) is 3. The Hall–Kier alpha value is -2.24. The average molecular weight is 383 g/mol. The number of rotatable bonds is 6. The van der Waals surface area contributed by atoms with Crippen molar-refractivity contribution >= 4 is 5.91 Å². The maximum absolute atomic E-state index is 13.9. The number of halogens is 1. The van der Waals surface area contributed by atoms with Crippen LogP contribution in [0.1, 0.15) is 33.5 Å². The lowest BCUT2D eigenvalue weighted by atomic mass is 9.67. The van der Waals surface area contributed by atoms with Gasteiger partial charge in [0.15, 0.2) is 0 Å². The molecule has 1 amide bonds. The number of ether oxygens (including phenoxy) is 2. The topological polar surface area (TPSA) is 47.6 Å². The summed E-state index contributed by atoms with van der Waals surface area (Å²) in [6.07, 6.45) is 1.68. The van der Waals surface area contributed by atoms with Gasteiger partial charge in [-0.15, -0.1) is 0 Å². The van der Waals surface area contributed by atoms with E-state index >= 15 is 0 Å². The van der Waals surface area contributed by atoms with Crippen molar-refractivity contribution in [1.29, 1.82) is 0 Å². The minimum absolute atomic E-state index is 0.0739. The van der Waals surface area contributed by atoms with Crippen LogP contribution in [-0.2, 0) is 15.9 Å². The van der Waals surface area contributed by atoms with E-state index in [0.717, 1.165) is 24.2 Å². The molecule has 0 bridgehead atoms. The second-order valence-corrected chi connectivity index (χ2v) is 7.82. The first-order valence-corrected chi connectivity index (χ1v) is 9.83. The molecule has 1 aliphatic heterocycles. The van der Waals surface area contributed by atoms with Crippen LogP contribution < -0.4 is 5.32 Å². The third kappa shape index (κ3) is 3.56. The highest BCUT2D eigenvalue weighted by molar-refractivity contribution is 5.96. The minimum Gasteiger partial charge on any atom is -0.384 e. The summed E-state index contributed by atoms with van der Waals surface area (Å²) in [7, 11) is 1.68. The number of fused-ring (bicyclic) bond motifs is 1. The molecule has 4 atom stereocenters. The van der Waals surface area contributed by atoms with Crippen LogP contribution in [0, 0.1) is 24.6 Å². The summed E-state index contributed by atoms with van der Waals surface area (Å²) >= 11 is 0. The number of amides is 1. The van der Waals surface area contributed by atoms with Crippen molar-refractivity contribution in [2.24, 2.45) is 11.8 Å². The van der Waals surface area contributed by atoms with Crippen LogP contribution in [0.4, 0.5) is 4.39 Å². The minimum atomic E-state index is -0.219. The molecule has 0 radical (unpaired) electrons. The molecule has 2 aromatic carbocycles. The number of nitrogens with one attached hydrogen (secondary N) is 1. The molecule has 5 heteroatoms. The van der Waals surface area contributed by atoms with Gasteiger partial charge in [0.25, 0.3) is 5.91 Å². The molecule has 4 rings (SSSR count). The first-order chi connectivity index (χ1) is 13.6. The Bertz CT molecular complexity index is 869. The molecule has 1 saturated heterocycles. The number of carbonyl (C=O) groups excluding carboxylic acids is 1. The fourth-order valence-corrected chi connectivity index (χ4v) is 4.53. The predicted octanol–water partition coefficient (Wildman–Crippen LogP) is 3.50. The van der Waals surface area contributed by atoms with Gasteiger partial charge in [-0.05, 0) is 48.6 Å². The van der Waals surface area contributed by atoms with Gasteiger partial charge in [-0.1, -0.05) is 30.3 Å². The molecule has 148 valence electrons. The quantitative estimate of drug-likeness (QED) is 0.831. The summed E-state index contributed by atoms with van der Waals surface area (Å²) in [5.41, 5.74) is 3.01. The molecule has 2 fully saturated rings. The van der Waals surface area contributed by atoms with E-state index in [-0.39, 0.29) is 29.8 Å². The van der Waals surface area contributed by atoms with Crippen molar-refractivity contribution in [2.45, 2.75) is 31.9 Å². The Morgan fingerprint density at radius 2 is 2.11 bits per heavy atom. The fraction of sp³-hybridized carbons (Fsp3) is 0.435. The standard InChI is InChI=1S/C23H26FNO3/c1-14-7-8-15(12-20(14)24)11-16-5-3-4-6-17(16)23(26)25-21-18-9-10-28-22(18)19(21)13-27-2/h3-8,12,18-19,21-22H,9-11,13H2,1-2H3,(H,25,26)/t18-,19+,21-,22-/m0/s1. The lowest BCUT2D eigenvalue weighted by Crippen LogP contribution is -2.62. The summed E-state index contributed by atoms with van der Waals surface area (Å²) in [6.45, 7) is 3.07. The molecule has 1 aliphatic carbocycles. The van der Waals surface area contributed by atoms with Crippen LogP contribution in [0.25, 0.3) is 0 Å². The van der Waals surface area contributed by atoms with Crippen molar-refractivity contribution in [3.63, 3.8) is 0 Å². The third-order valence-corrected chi connectivity index (χ3v) is 6.08. The SMILES string of the molecule is COC[C@@H]1[C@@H](NC(=O)c2ccccc2Cc2ccc(C)c(F)c2)[C@@H]2CCO[C@H]12. The van der Waals surface area contributed by atoms with Crippen LogP contribution in [0.15, 0.2) is 42.5 Å². The van der Waals surface area contributed by atoms with Crippen LogP contribution in [0.5, 0.6) is 0 Å². The number of methoxy groups -OCH3 is 1. The van der Waals surface area contributed by atoms with Gasteiger partial charge in [0.05, 0.1) is 12.7 Å². The maximum Gasteiger partial charge on any atom is 0.251 e. The number of hydrogen-bond donors (Lipinski definition) is 1. The largest absolute Gasteiger partial charge is 0.384 e. The zero-order valence-electron chi connectivity index (χ0n) is 16.3. The van der Waals surface area contributed by atoms with Crippen LogP contribution in [0.2, 0.25) is 0 Å². The molecule has 2 aliphatic rings. The summed E-state index contributed by atoms with van der Waals surface area (Å²) in [4.78, 5) is 13.1. The van der Waals surface area contributed by atoms with Crippen molar-refractivity contribution in [3.05, 3.63) is 70.5 Å². The molecule has 28 heavy (non-hydrogen) atoms. The second kappa shape index (κ2) is 8.02. The molecular weight excluding hydrogens is 357 g/mol. The van der Waals surface area contributed by atoms with E-state index in [9.17, 15) is 9.18 Å². The Labute approximate surface area is 165 Å². The third-order valence-electron chi connectivity index (χ3n) is 6.08. The highest BCUT2D eigenvalue weighted by Crippen LogP contribution is 2.43. The zero-order chi connectivity index (χ0) is 19.7. The summed E-state index contributed by atoms with van der Waals surface area (Å²) in [5.74, 6) is 0.255. The molecule has 1 saturated carbocycles. The highest BCUT2D eigenvalue weighted by Gasteiger charge is 2.54. The van der Waals surface area contributed by atoms with Gasteiger partial charge in [0.2, 0.25) is 0 Å². The number of aryl methyl sites for hydroxylation is 1. The first kappa shape index (κ1) is 19.1. The predicted molar refractivity (Wildman–Crippen MR) is 105 cm³/mol. The fourth-order valence-electron chi connectivity index (χ4n) is 4.53. The normalized spacial score (nSPS) is 25.8. The van der Waals surface area contributed by atoms with E-state index in [0.29, 0.717) is 30.1 Å². The maximum atomic E-state index is 13.9. The second-order valence-electron chi connectivity index (χ2n) is 7.82. The molecule has 1 N–H and O–H groups in total. The molecule has 1 heterocycles. The Kier molecular flexibility index (Phi) is 5.47. The van der Waals surface area contributed by atoms with Gasteiger partial charge in [0.1, 0.15) is 5.82 Å². The van der Waals surface area contributed by atoms with E-state index in [1.165, 1.54) is 0 Å². The van der Waals surface area contributed by atoms with Crippen molar-refractivity contribution < 1.29 is 18.7 Å². The Balaban J connectivity index is 1.51. The monoisotopic (exact) mass is 383 g/mol. The van der Waals surface area contributed by atoms with E-state index in [1.54, 1.807) is 26.2 Å². The average Bonchev–Trinajstić information content (AvgIpc) is 3.12. The summed E-state index contributed by atoms with van der Waals surface area (Å²) < 4.78 is 25.0. The molecule has 0 aromatic heterocycles. The molecular formula is C23H26FNO3. The van der Waals surface area contributed by atoms with E-state index in [1.807, 2.05) is 30.3 Å². The number of carbonyl (C=O) groups is 1. The number of benzene rings is 2. The van der Waals surface area contributed by atoms with Gasteiger partial charge in [-0.25, -0.2) is 4.39 Å². The summed E-state index contributed by atoms with van der Waals surface area (Å²) in [5, 5.41) is 3.21. The molecule has 0 spiro atoms. The van der Waals surface area contributed by atoms with Gasteiger partial charge in [-0.3, -0.25) is 4.79 Å². The van der Waals surface area contributed by atoms with Crippen molar-refractivity contribution in [1.82, 2.24) is 5.32 Å². The lowest BCUT2D eigenvalue weighted by Gasteiger charge is -2.47. The first-order valence-electron chi connectivity index (χ1n) is 9.83. The van der Waals surface area contributed by atoms with Gasteiger partial charge < -0.3 is 14.8 Å². The van der Waals surface area contributed by atoms with E-state index < -0.39 is 0 Å². The molecule has 0 unspecified atom stereocenters. The summed E-state index contributed by atoms with van der Waals surface area (Å²) in [6, 6.07) is 12.8. The van der Waals surface area contributed by atoms with Gasteiger partial charge >= 0.3 is 0 Å². The van der Waals surface area contributed by atoms with Gasteiger partial charge in [0, 0.05) is 37.2 Å².